The molecule has 0 bridgehead atoms. The van der Waals surface area contributed by atoms with Gasteiger partial charge in [-0.3, -0.25) is 19.4 Å². The van der Waals surface area contributed by atoms with Crippen LogP contribution in [0, 0.1) is 17.8 Å². The molecule has 4 atom stereocenters. The molecule has 4 N–H and O–H groups in total. The number of likely N-dealkylation sites (tertiary alicyclic amines) is 2. The summed E-state index contributed by atoms with van der Waals surface area (Å²) in [5, 5.41) is 42.2. The Kier molecular flexibility index (Phi) is 10.5. The molecule has 2 aliphatic heterocycles. The summed E-state index contributed by atoms with van der Waals surface area (Å²) in [6.45, 7) is 1.40. The Morgan fingerprint density at radius 2 is 1.60 bits per heavy atom. The fourth-order valence-corrected chi connectivity index (χ4v) is 7.80. The van der Waals surface area contributed by atoms with Crippen LogP contribution in [0.2, 0.25) is 0 Å². The summed E-state index contributed by atoms with van der Waals surface area (Å²) in [6, 6.07) is 23.3. The lowest BCUT2D eigenvalue weighted by Crippen LogP contribution is -2.47. The highest BCUT2D eigenvalue weighted by molar-refractivity contribution is 6.06. The molecule has 3 aliphatic rings. The molecule has 3 heterocycles. The van der Waals surface area contributed by atoms with Gasteiger partial charge in [-0.1, -0.05) is 60.7 Å². The molecular formula is C38H44N2O7. The van der Waals surface area contributed by atoms with Crippen LogP contribution in [-0.4, -0.2) is 80.5 Å². The molecule has 248 valence electrons. The van der Waals surface area contributed by atoms with Crippen molar-refractivity contribution in [2.45, 2.75) is 57.4 Å². The van der Waals surface area contributed by atoms with Crippen molar-refractivity contribution in [1.29, 1.82) is 0 Å². The highest BCUT2D eigenvalue weighted by atomic mass is 16.4. The first-order valence-electron chi connectivity index (χ1n) is 16.6. The molecule has 1 aromatic heterocycles. The van der Waals surface area contributed by atoms with Gasteiger partial charge < -0.3 is 24.8 Å². The van der Waals surface area contributed by atoms with Gasteiger partial charge in [0.25, 0.3) is 0 Å². The molecule has 1 aliphatic carbocycles. The van der Waals surface area contributed by atoms with E-state index in [1.54, 1.807) is 12.1 Å². The number of rotatable bonds is 12. The maximum absolute atomic E-state index is 14.0. The summed E-state index contributed by atoms with van der Waals surface area (Å²) in [5.41, 5.74) is 4.09. The Balaban J connectivity index is 1.17. The number of aliphatic hydroxyl groups excluding tert-OH is 4. The van der Waals surface area contributed by atoms with Crippen LogP contribution in [-0.2, 0) is 22.7 Å². The van der Waals surface area contributed by atoms with Crippen molar-refractivity contribution in [3.63, 3.8) is 0 Å². The average Bonchev–Trinajstić information content (AvgIpc) is 3.67. The molecular weight excluding hydrogens is 596 g/mol. The zero-order chi connectivity index (χ0) is 32.9. The van der Waals surface area contributed by atoms with Gasteiger partial charge in [0.05, 0.1) is 31.2 Å². The molecule has 9 nitrogen and oxygen atoms in total. The summed E-state index contributed by atoms with van der Waals surface area (Å²) in [4.78, 5) is 31.6. The van der Waals surface area contributed by atoms with Crippen molar-refractivity contribution in [3.05, 3.63) is 107 Å². The number of aliphatic hydroxyl groups is 4. The number of allylic oxidation sites excluding steroid dienone is 1. The van der Waals surface area contributed by atoms with E-state index in [0.717, 1.165) is 30.8 Å². The SMILES string of the molecule is O=C1[C@@H]2[C@@H](CC(CO)=C([C@H](O)CC/C(=C/c3ccc(CO)o3)c3ccccc3)[C@@H]2CO)C(=O)N1C1CCN(Cc2ccccc2)CC1. The highest BCUT2D eigenvalue weighted by Crippen LogP contribution is 2.47. The third kappa shape index (κ3) is 7.05. The molecule has 0 radical (unpaired) electrons. The first kappa shape index (κ1) is 33.1. The highest BCUT2D eigenvalue weighted by Gasteiger charge is 2.56. The molecule has 9 heteroatoms. The van der Waals surface area contributed by atoms with Crippen molar-refractivity contribution in [2.75, 3.05) is 26.3 Å². The predicted molar refractivity (Wildman–Crippen MR) is 177 cm³/mol. The molecule has 6 rings (SSSR count). The molecule has 2 amide bonds. The molecule has 3 aromatic rings. The largest absolute Gasteiger partial charge is 0.459 e. The van der Waals surface area contributed by atoms with Crippen LogP contribution in [0.4, 0.5) is 0 Å². The molecule has 2 saturated heterocycles. The van der Waals surface area contributed by atoms with E-state index in [4.69, 9.17) is 4.42 Å². The lowest BCUT2D eigenvalue weighted by Gasteiger charge is -2.36. The number of carbonyl (C=O) groups excluding carboxylic acids is 2. The zero-order valence-corrected chi connectivity index (χ0v) is 26.6. The Morgan fingerprint density at radius 3 is 2.23 bits per heavy atom. The summed E-state index contributed by atoms with van der Waals surface area (Å²) in [7, 11) is 0. The van der Waals surface area contributed by atoms with Crippen LogP contribution in [0.15, 0.2) is 88.4 Å². The van der Waals surface area contributed by atoms with Gasteiger partial charge in [-0.15, -0.1) is 0 Å². The van der Waals surface area contributed by atoms with Crippen molar-refractivity contribution < 1.29 is 34.4 Å². The Hall–Kier alpha value is -3.86. The zero-order valence-electron chi connectivity index (χ0n) is 26.6. The van der Waals surface area contributed by atoms with E-state index in [9.17, 15) is 30.0 Å². The first-order chi connectivity index (χ1) is 22.9. The van der Waals surface area contributed by atoms with E-state index < -0.39 is 30.5 Å². The Bertz CT molecular complexity index is 1590. The Labute approximate surface area is 275 Å². The van der Waals surface area contributed by atoms with Crippen LogP contribution in [0.1, 0.15) is 54.8 Å². The topological polar surface area (TPSA) is 135 Å². The van der Waals surface area contributed by atoms with Gasteiger partial charge in [-0.2, -0.15) is 0 Å². The summed E-state index contributed by atoms with van der Waals surface area (Å²) in [6.07, 6.45) is 3.12. The van der Waals surface area contributed by atoms with Crippen LogP contribution in [0.25, 0.3) is 11.6 Å². The number of hydrogen-bond donors (Lipinski definition) is 4. The molecule has 0 unspecified atom stereocenters. The van der Waals surface area contributed by atoms with Gasteiger partial charge >= 0.3 is 0 Å². The second-order valence-corrected chi connectivity index (χ2v) is 12.9. The van der Waals surface area contributed by atoms with Crippen molar-refractivity contribution in [2.24, 2.45) is 17.8 Å². The van der Waals surface area contributed by atoms with Crippen LogP contribution in [0.3, 0.4) is 0 Å². The normalized spacial score (nSPS) is 23.4. The molecule has 0 saturated carbocycles. The number of piperidine rings is 1. The minimum atomic E-state index is -1.04. The van der Waals surface area contributed by atoms with Crippen LogP contribution in [0.5, 0.6) is 0 Å². The van der Waals surface area contributed by atoms with Crippen LogP contribution >= 0.6 is 0 Å². The van der Waals surface area contributed by atoms with E-state index in [1.807, 2.05) is 54.6 Å². The first-order valence-corrected chi connectivity index (χ1v) is 16.6. The Morgan fingerprint density at radius 1 is 0.894 bits per heavy atom. The van der Waals surface area contributed by atoms with E-state index in [1.165, 1.54) is 10.5 Å². The second kappa shape index (κ2) is 14.9. The van der Waals surface area contributed by atoms with E-state index in [0.29, 0.717) is 41.9 Å². The second-order valence-electron chi connectivity index (χ2n) is 12.9. The number of fused-ring (bicyclic) bond motifs is 1. The number of furan rings is 1. The number of hydrogen-bond acceptors (Lipinski definition) is 8. The minimum absolute atomic E-state index is 0.190. The average molecular weight is 641 g/mol. The van der Waals surface area contributed by atoms with Gasteiger partial charge in [0.1, 0.15) is 18.1 Å². The van der Waals surface area contributed by atoms with Gasteiger partial charge in [0.2, 0.25) is 11.8 Å². The monoisotopic (exact) mass is 640 g/mol. The third-order valence-corrected chi connectivity index (χ3v) is 10.1. The molecule has 47 heavy (non-hydrogen) atoms. The molecule has 2 aromatic carbocycles. The maximum atomic E-state index is 14.0. The lowest BCUT2D eigenvalue weighted by atomic mass is 9.68. The summed E-state index contributed by atoms with van der Waals surface area (Å²) in [5.74, 6) is -1.65. The number of imide groups is 1. The predicted octanol–water partition coefficient (Wildman–Crippen LogP) is 4.02. The number of nitrogens with zero attached hydrogens (tertiary/aromatic N) is 2. The van der Waals surface area contributed by atoms with Crippen molar-refractivity contribution in [3.8, 4) is 0 Å². The fourth-order valence-electron chi connectivity index (χ4n) is 7.80. The van der Waals surface area contributed by atoms with E-state index >= 15 is 0 Å². The van der Waals surface area contributed by atoms with E-state index in [2.05, 4.69) is 17.0 Å². The number of benzene rings is 2. The van der Waals surface area contributed by atoms with Crippen molar-refractivity contribution in [1.82, 2.24) is 9.80 Å². The van der Waals surface area contributed by atoms with Gasteiger partial charge in [0, 0.05) is 31.6 Å². The summed E-state index contributed by atoms with van der Waals surface area (Å²) >= 11 is 0. The standard InChI is InChI=1S/C38H44N2O7/c41-22-28-20-32-36(38(46)40(37(32)45)29-15-17-39(18-16-29)21-25-7-3-1-4-8-25)33(24-43)35(28)34(44)14-11-27(26-9-5-2-6-10-26)19-30-12-13-31(23-42)47-30/h1-10,12-13,19,29,32-34,36,41-44H,11,14-18,20-24H2/b27-19-/t32-,33+,34-,36-/m1/s1. The van der Waals surface area contributed by atoms with Crippen molar-refractivity contribution >= 4 is 23.5 Å². The number of amides is 2. The molecule has 0 spiro atoms. The fraction of sp³-hybridized carbons (Fsp3) is 0.421. The minimum Gasteiger partial charge on any atom is -0.459 e. The summed E-state index contributed by atoms with van der Waals surface area (Å²) < 4.78 is 5.70. The van der Waals surface area contributed by atoms with Gasteiger partial charge in [-0.25, -0.2) is 0 Å². The van der Waals surface area contributed by atoms with Gasteiger partial charge in [-0.05, 0) is 78.2 Å². The van der Waals surface area contributed by atoms with Gasteiger partial charge in [0.15, 0.2) is 0 Å². The smallest absolute Gasteiger partial charge is 0.234 e. The lowest BCUT2D eigenvalue weighted by molar-refractivity contribution is -0.144. The van der Waals surface area contributed by atoms with Crippen LogP contribution < -0.4 is 0 Å². The maximum Gasteiger partial charge on any atom is 0.234 e. The quantitative estimate of drug-likeness (QED) is 0.172. The number of carbonyl (C=O) groups is 2. The van der Waals surface area contributed by atoms with E-state index in [-0.39, 0.29) is 43.9 Å². The third-order valence-electron chi connectivity index (χ3n) is 10.1. The molecule has 2 fully saturated rings.